The van der Waals surface area contributed by atoms with Crippen LogP contribution in [0.2, 0.25) is 0 Å². The number of rotatable bonds is 4. The fourth-order valence-corrected chi connectivity index (χ4v) is 1.25. The van der Waals surface area contributed by atoms with Crippen LogP contribution in [0, 0.1) is 0 Å². The van der Waals surface area contributed by atoms with Crippen LogP contribution < -0.4 is 11.5 Å². The maximum Gasteiger partial charge on any atom is 0.320 e. The number of nitrogens with two attached hydrogens (primary N) is 2. The van der Waals surface area contributed by atoms with E-state index in [9.17, 15) is 14.7 Å². The van der Waals surface area contributed by atoms with Gasteiger partial charge in [-0.2, -0.15) is 0 Å². The summed E-state index contributed by atoms with van der Waals surface area (Å²) in [5.74, 6) is -2.14. The van der Waals surface area contributed by atoms with Crippen LogP contribution in [-0.4, -0.2) is 28.0 Å². The SMILES string of the molecule is Nc1cccc(O)c1C(=O)C[C@H](N)C(=O)O. The standard InChI is InChI=1S/C10H12N2O4/c11-5-2-1-3-7(13)9(5)8(14)4-6(12)10(15)16/h1-3,6,13H,4,11-12H2,(H,15,16)/t6-/m0/s1. The normalized spacial score (nSPS) is 12.1. The van der Waals surface area contributed by atoms with Crippen molar-refractivity contribution in [2.24, 2.45) is 5.73 Å². The van der Waals surface area contributed by atoms with Gasteiger partial charge in [-0.15, -0.1) is 0 Å². The Balaban J connectivity index is 2.93. The number of Topliss-reactive ketones (excluding diaryl/α,β-unsaturated/α-hetero) is 1. The van der Waals surface area contributed by atoms with Gasteiger partial charge in [0.25, 0.3) is 0 Å². The Morgan fingerprint density at radius 1 is 1.38 bits per heavy atom. The minimum Gasteiger partial charge on any atom is -0.507 e. The molecule has 0 heterocycles. The van der Waals surface area contributed by atoms with Crippen molar-refractivity contribution in [2.75, 3.05) is 5.73 Å². The molecule has 0 saturated carbocycles. The number of nitrogen functional groups attached to an aromatic ring is 1. The minimum absolute atomic E-state index is 0.0841. The highest BCUT2D eigenvalue weighted by Gasteiger charge is 2.21. The van der Waals surface area contributed by atoms with E-state index in [0.717, 1.165) is 0 Å². The van der Waals surface area contributed by atoms with Crippen LogP contribution in [0.3, 0.4) is 0 Å². The van der Waals surface area contributed by atoms with Crippen molar-refractivity contribution in [3.63, 3.8) is 0 Å². The van der Waals surface area contributed by atoms with Crippen molar-refractivity contribution < 1.29 is 19.8 Å². The van der Waals surface area contributed by atoms with Crippen LogP contribution in [0.15, 0.2) is 18.2 Å². The summed E-state index contributed by atoms with van der Waals surface area (Å²) in [6.45, 7) is 0. The van der Waals surface area contributed by atoms with Crippen LogP contribution >= 0.6 is 0 Å². The van der Waals surface area contributed by atoms with E-state index in [1.165, 1.54) is 18.2 Å². The van der Waals surface area contributed by atoms with Gasteiger partial charge in [-0.1, -0.05) is 6.07 Å². The maximum atomic E-state index is 11.6. The Bertz CT molecular complexity index is 411. The smallest absolute Gasteiger partial charge is 0.320 e. The summed E-state index contributed by atoms with van der Waals surface area (Å²) in [4.78, 5) is 22.1. The average Bonchev–Trinajstić information content (AvgIpc) is 2.16. The van der Waals surface area contributed by atoms with E-state index in [4.69, 9.17) is 16.6 Å². The second-order valence-corrected chi connectivity index (χ2v) is 3.31. The lowest BCUT2D eigenvalue weighted by molar-refractivity contribution is -0.138. The van der Waals surface area contributed by atoms with Crippen LogP contribution in [0.1, 0.15) is 16.8 Å². The molecule has 1 aromatic carbocycles. The van der Waals surface area contributed by atoms with Crippen molar-refractivity contribution in [1.29, 1.82) is 0 Å². The van der Waals surface area contributed by atoms with Gasteiger partial charge >= 0.3 is 5.97 Å². The van der Waals surface area contributed by atoms with E-state index in [1.54, 1.807) is 0 Å². The number of anilines is 1. The molecule has 0 amide bonds. The topological polar surface area (TPSA) is 127 Å². The Morgan fingerprint density at radius 2 is 2.00 bits per heavy atom. The van der Waals surface area contributed by atoms with E-state index in [2.05, 4.69) is 0 Å². The van der Waals surface area contributed by atoms with Gasteiger partial charge in [-0.05, 0) is 12.1 Å². The number of phenolic OH excluding ortho intramolecular Hbond substituents is 1. The predicted molar refractivity (Wildman–Crippen MR) is 57.1 cm³/mol. The molecule has 0 aromatic heterocycles. The molecule has 1 atom stereocenters. The maximum absolute atomic E-state index is 11.6. The first-order chi connectivity index (χ1) is 7.43. The predicted octanol–water partition coefficient (Wildman–Crippen LogP) is -0.0409. The lowest BCUT2D eigenvalue weighted by Gasteiger charge is -2.09. The van der Waals surface area contributed by atoms with E-state index >= 15 is 0 Å². The zero-order chi connectivity index (χ0) is 12.3. The highest BCUT2D eigenvalue weighted by molar-refractivity contribution is 6.04. The fraction of sp³-hybridized carbons (Fsp3) is 0.200. The Labute approximate surface area is 91.5 Å². The molecule has 0 aliphatic carbocycles. The molecular weight excluding hydrogens is 212 g/mol. The molecule has 0 saturated heterocycles. The van der Waals surface area contributed by atoms with Gasteiger partial charge in [0, 0.05) is 12.1 Å². The van der Waals surface area contributed by atoms with Gasteiger partial charge in [0.2, 0.25) is 0 Å². The molecule has 0 bridgehead atoms. The van der Waals surface area contributed by atoms with Crippen LogP contribution in [-0.2, 0) is 4.79 Å². The zero-order valence-corrected chi connectivity index (χ0v) is 8.38. The summed E-state index contributed by atoms with van der Waals surface area (Å²) < 4.78 is 0. The van der Waals surface area contributed by atoms with Gasteiger partial charge in [0.1, 0.15) is 11.8 Å². The zero-order valence-electron chi connectivity index (χ0n) is 8.38. The lowest BCUT2D eigenvalue weighted by atomic mass is 10.0. The summed E-state index contributed by atoms with van der Waals surface area (Å²) >= 11 is 0. The average molecular weight is 224 g/mol. The summed E-state index contributed by atoms with van der Waals surface area (Å²) in [5.41, 5.74) is 10.7. The van der Waals surface area contributed by atoms with E-state index in [1.807, 2.05) is 0 Å². The van der Waals surface area contributed by atoms with Crippen molar-refractivity contribution in [1.82, 2.24) is 0 Å². The lowest BCUT2D eigenvalue weighted by Crippen LogP contribution is -2.32. The third kappa shape index (κ3) is 2.48. The number of phenols is 1. The summed E-state index contributed by atoms with van der Waals surface area (Å²) in [6, 6.07) is 2.93. The minimum atomic E-state index is -1.30. The quantitative estimate of drug-likeness (QED) is 0.420. The molecule has 0 aliphatic rings. The molecule has 6 N–H and O–H groups in total. The molecule has 6 heteroatoms. The third-order valence-electron chi connectivity index (χ3n) is 2.08. The van der Waals surface area contributed by atoms with Gasteiger partial charge in [-0.3, -0.25) is 9.59 Å². The first kappa shape index (κ1) is 12.0. The Hall–Kier alpha value is -2.08. The van der Waals surface area contributed by atoms with Crippen LogP contribution in [0.5, 0.6) is 5.75 Å². The largest absolute Gasteiger partial charge is 0.507 e. The highest BCUT2D eigenvalue weighted by Crippen LogP contribution is 2.24. The second kappa shape index (κ2) is 4.63. The molecular formula is C10H12N2O4. The molecule has 0 aliphatic heterocycles. The van der Waals surface area contributed by atoms with Crippen LogP contribution in [0.4, 0.5) is 5.69 Å². The summed E-state index contributed by atoms with van der Waals surface area (Å²) in [7, 11) is 0. The third-order valence-corrected chi connectivity index (χ3v) is 2.08. The van der Waals surface area contributed by atoms with Crippen molar-refractivity contribution >= 4 is 17.4 Å². The highest BCUT2D eigenvalue weighted by atomic mass is 16.4. The first-order valence-electron chi connectivity index (χ1n) is 4.52. The van der Waals surface area contributed by atoms with Crippen molar-refractivity contribution in [3.8, 4) is 5.75 Å². The number of carboxylic acids is 1. The monoisotopic (exact) mass is 224 g/mol. The Kier molecular flexibility index (Phi) is 3.47. The van der Waals surface area contributed by atoms with Crippen molar-refractivity contribution in [3.05, 3.63) is 23.8 Å². The molecule has 86 valence electrons. The van der Waals surface area contributed by atoms with E-state index in [0.29, 0.717) is 0 Å². The number of aliphatic carboxylic acids is 1. The van der Waals surface area contributed by atoms with Gasteiger partial charge in [0.15, 0.2) is 5.78 Å². The number of ketones is 1. The van der Waals surface area contributed by atoms with Gasteiger partial charge in [-0.25, -0.2) is 0 Å². The molecule has 0 spiro atoms. The number of hydrogen-bond acceptors (Lipinski definition) is 5. The molecule has 1 rings (SSSR count). The molecule has 16 heavy (non-hydrogen) atoms. The molecule has 1 aromatic rings. The number of carbonyl (C=O) groups is 2. The molecule has 0 fully saturated rings. The molecule has 0 radical (unpaired) electrons. The van der Waals surface area contributed by atoms with Gasteiger partial charge < -0.3 is 21.7 Å². The van der Waals surface area contributed by atoms with E-state index in [-0.39, 0.29) is 17.0 Å². The molecule has 6 nitrogen and oxygen atoms in total. The first-order valence-corrected chi connectivity index (χ1v) is 4.52. The number of aromatic hydroxyl groups is 1. The summed E-state index contributed by atoms with van der Waals surface area (Å²) in [6.07, 6.45) is -0.406. The van der Waals surface area contributed by atoms with E-state index < -0.39 is 24.2 Å². The second-order valence-electron chi connectivity index (χ2n) is 3.31. The van der Waals surface area contributed by atoms with Gasteiger partial charge in [0.05, 0.1) is 5.56 Å². The number of carbonyl (C=O) groups excluding carboxylic acids is 1. The number of carboxylic acid groups (broad SMARTS) is 1. The van der Waals surface area contributed by atoms with Crippen LogP contribution in [0.25, 0.3) is 0 Å². The van der Waals surface area contributed by atoms with Crippen molar-refractivity contribution in [2.45, 2.75) is 12.5 Å². The number of benzene rings is 1. The fourth-order valence-electron chi connectivity index (χ4n) is 1.25. The number of hydrogen-bond donors (Lipinski definition) is 4. The molecule has 0 unspecified atom stereocenters. The summed E-state index contributed by atoms with van der Waals surface area (Å²) in [5, 5.41) is 18.0. The Morgan fingerprint density at radius 3 is 2.50 bits per heavy atom.